The van der Waals surface area contributed by atoms with Gasteiger partial charge < -0.3 is 14.6 Å². The van der Waals surface area contributed by atoms with Crippen LogP contribution >= 0.6 is 22.6 Å². The molecule has 0 bridgehead atoms. The number of ether oxygens (including phenoxy) is 2. The molecule has 1 N–H and O–H groups in total. The Bertz CT molecular complexity index is 1130. The van der Waals surface area contributed by atoms with Crippen LogP contribution in [0, 0.1) is 14.9 Å². The van der Waals surface area contributed by atoms with Crippen LogP contribution in [-0.2, 0) is 6.61 Å². The van der Waals surface area contributed by atoms with E-state index in [9.17, 15) is 10.1 Å². The first kappa shape index (κ1) is 22.4. The molecule has 156 valence electrons. The molecule has 5 nitrogen and oxygen atoms in total. The molecule has 3 rings (SSSR count). The van der Waals surface area contributed by atoms with Crippen LogP contribution in [0.5, 0.6) is 11.5 Å². The number of hydrogen-bond donors (Lipinski definition) is 1. The van der Waals surface area contributed by atoms with Crippen LogP contribution in [0.25, 0.3) is 11.6 Å². The van der Waals surface area contributed by atoms with Crippen molar-refractivity contribution in [2.75, 3.05) is 6.61 Å². The molecule has 0 saturated heterocycles. The number of rotatable bonds is 8. The maximum Gasteiger partial charge on any atom is 0.335 e. The Hall–Kier alpha value is -3.31. The molecule has 0 fully saturated rings. The zero-order valence-corrected chi connectivity index (χ0v) is 19.0. The number of carboxylic acid groups (broad SMARTS) is 1. The molecule has 0 aliphatic carbocycles. The van der Waals surface area contributed by atoms with E-state index >= 15 is 0 Å². The smallest absolute Gasteiger partial charge is 0.335 e. The van der Waals surface area contributed by atoms with Gasteiger partial charge in [-0.3, -0.25) is 0 Å². The fourth-order valence-electron chi connectivity index (χ4n) is 2.88. The summed E-state index contributed by atoms with van der Waals surface area (Å²) >= 11 is 2.26. The standard InChI is InChI=1S/C25H20INO4/c1-2-30-24-14-18(5-12-23(24)31-16-17-3-10-22(26)11-4-17)13-21(15-27)19-6-8-20(9-7-19)25(28)29/h3-14H,2,16H2,1H3,(H,28,29)/b21-13-. The SMILES string of the molecule is CCOc1cc(/C=C(/C#N)c2ccc(C(=O)O)cc2)ccc1OCc1ccc(I)cc1. The number of hydrogen-bond acceptors (Lipinski definition) is 4. The highest BCUT2D eigenvalue weighted by Gasteiger charge is 2.09. The third-order valence-corrected chi connectivity index (χ3v) is 5.17. The number of allylic oxidation sites excluding steroid dienone is 1. The van der Waals surface area contributed by atoms with E-state index in [0.29, 0.717) is 35.8 Å². The Morgan fingerprint density at radius 2 is 1.68 bits per heavy atom. The van der Waals surface area contributed by atoms with Gasteiger partial charge in [-0.05, 0) is 88.7 Å². The molecule has 0 saturated carbocycles. The van der Waals surface area contributed by atoms with Crippen LogP contribution in [0.15, 0.2) is 66.7 Å². The Labute approximate surface area is 194 Å². The molecule has 0 spiro atoms. The number of benzene rings is 3. The fourth-order valence-corrected chi connectivity index (χ4v) is 3.24. The number of carboxylic acids is 1. The van der Waals surface area contributed by atoms with Crippen molar-refractivity contribution in [2.45, 2.75) is 13.5 Å². The number of nitrogens with zero attached hydrogens (tertiary/aromatic N) is 1. The van der Waals surface area contributed by atoms with E-state index in [-0.39, 0.29) is 5.56 Å². The number of halogens is 1. The summed E-state index contributed by atoms with van der Waals surface area (Å²) in [7, 11) is 0. The molecule has 0 aliphatic rings. The van der Waals surface area contributed by atoms with E-state index in [1.54, 1.807) is 18.2 Å². The Balaban J connectivity index is 1.83. The molecule has 0 atom stereocenters. The molecule has 3 aromatic carbocycles. The highest BCUT2D eigenvalue weighted by molar-refractivity contribution is 14.1. The number of carbonyl (C=O) groups is 1. The van der Waals surface area contributed by atoms with Gasteiger partial charge >= 0.3 is 5.97 Å². The molecular formula is C25H20INO4. The van der Waals surface area contributed by atoms with Crippen LogP contribution in [0.4, 0.5) is 0 Å². The van der Waals surface area contributed by atoms with E-state index < -0.39 is 5.97 Å². The van der Waals surface area contributed by atoms with E-state index in [1.807, 2.05) is 49.4 Å². The largest absolute Gasteiger partial charge is 0.490 e. The van der Waals surface area contributed by atoms with Crippen molar-refractivity contribution >= 4 is 40.2 Å². The lowest BCUT2D eigenvalue weighted by molar-refractivity contribution is 0.0697. The van der Waals surface area contributed by atoms with Crippen LogP contribution < -0.4 is 9.47 Å². The average Bonchev–Trinajstić information content (AvgIpc) is 2.78. The number of aromatic carboxylic acids is 1. The molecule has 0 radical (unpaired) electrons. The minimum Gasteiger partial charge on any atom is -0.490 e. The second-order valence-corrected chi connectivity index (χ2v) is 7.85. The second kappa shape index (κ2) is 10.6. The lowest BCUT2D eigenvalue weighted by atomic mass is 10.0. The zero-order chi connectivity index (χ0) is 22.2. The summed E-state index contributed by atoms with van der Waals surface area (Å²) in [5.74, 6) is 0.221. The summed E-state index contributed by atoms with van der Waals surface area (Å²) in [6.45, 7) is 2.80. The quantitative estimate of drug-likeness (QED) is 0.221. The molecular weight excluding hydrogens is 505 g/mol. The summed E-state index contributed by atoms with van der Waals surface area (Å²) in [5, 5.41) is 18.6. The van der Waals surface area contributed by atoms with Gasteiger partial charge in [0.25, 0.3) is 0 Å². The van der Waals surface area contributed by atoms with Gasteiger partial charge in [-0.2, -0.15) is 5.26 Å². The lowest BCUT2D eigenvalue weighted by Crippen LogP contribution is -2.00. The first-order chi connectivity index (χ1) is 15.0. The highest BCUT2D eigenvalue weighted by Crippen LogP contribution is 2.31. The van der Waals surface area contributed by atoms with Crippen molar-refractivity contribution in [1.82, 2.24) is 0 Å². The second-order valence-electron chi connectivity index (χ2n) is 6.61. The third kappa shape index (κ3) is 6.09. The van der Waals surface area contributed by atoms with Gasteiger partial charge in [-0.1, -0.05) is 30.3 Å². The van der Waals surface area contributed by atoms with Gasteiger partial charge in [0.1, 0.15) is 6.61 Å². The molecule has 6 heteroatoms. The van der Waals surface area contributed by atoms with Crippen molar-refractivity contribution in [1.29, 1.82) is 5.26 Å². The van der Waals surface area contributed by atoms with Gasteiger partial charge in [-0.15, -0.1) is 0 Å². The average molecular weight is 525 g/mol. The van der Waals surface area contributed by atoms with E-state index in [0.717, 1.165) is 11.1 Å². The maximum absolute atomic E-state index is 11.0. The molecule has 0 heterocycles. The third-order valence-electron chi connectivity index (χ3n) is 4.45. The first-order valence-electron chi connectivity index (χ1n) is 9.59. The topological polar surface area (TPSA) is 79.5 Å². The van der Waals surface area contributed by atoms with Gasteiger partial charge in [-0.25, -0.2) is 4.79 Å². The molecule has 0 unspecified atom stereocenters. The summed E-state index contributed by atoms with van der Waals surface area (Å²) in [6.07, 6.45) is 1.74. The van der Waals surface area contributed by atoms with Crippen molar-refractivity contribution in [3.63, 3.8) is 0 Å². The van der Waals surface area contributed by atoms with Crippen molar-refractivity contribution in [2.24, 2.45) is 0 Å². The number of nitriles is 1. The van der Waals surface area contributed by atoms with Crippen molar-refractivity contribution in [3.05, 3.63) is 92.6 Å². The summed E-state index contributed by atoms with van der Waals surface area (Å²) in [4.78, 5) is 11.0. The minimum absolute atomic E-state index is 0.175. The summed E-state index contributed by atoms with van der Waals surface area (Å²) in [5.41, 5.74) is 3.08. The van der Waals surface area contributed by atoms with Gasteiger partial charge in [0, 0.05) is 3.57 Å². The van der Waals surface area contributed by atoms with Gasteiger partial charge in [0.2, 0.25) is 0 Å². The molecule has 0 aromatic heterocycles. The minimum atomic E-state index is -1.00. The van der Waals surface area contributed by atoms with Crippen molar-refractivity contribution < 1.29 is 19.4 Å². The van der Waals surface area contributed by atoms with Crippen LogP contribution in [-0.4, -0.2) is 17.7 Å². The lowest BCUT2D eigenvalue weighted by Gasteiger charge is -2.13. The van der Waals surface area contributed by atoms with Gasteiger partial charge in [0.15, 0.2) is 11.5 Å². The summed E-state index contributed by atoms with van der Waals surface area (Å²) < 4.78 is 12.9. The highest BCUT2D eigenvalue weighted by atomic mass is 127. The van der Waals surface area contributed by atoms with Crippen LogP contribution in [0.3, 0.4) is 0 Å². The molecule has 3 aromatic rings. The molecule has 0 amide bonds. The van der Waals surface area contributed by atoms with Crippen LogP contribution in [0.1, 0.15) is 34.0 Å². The Kier molecular flexibility index (Phi) is 7.68. The van der Waals surface area contributed by atoms with E-state index in [2.05, 4.69) is 28.7 Å². The monoisotopic (exact) mass is 525 g/mol. The first-order valence-corrected chi connectivity index (χ1v) is 10.7. The molecule has 31 heavy (non-hydrogen) atoms. The zero-order valence-electron chi connectivity index (χ0n) is 16.8. The van der Waals surface area contributed by atoms with E-state index in [4.69, 9.17) is 14.6 Å². The predicted octanol–water partition coefficient (Wildman–Crippen LogP) is 6.03. The van der Waals surface area contributed by atoms with Gasteiger partial charge in [0.05, 0.1) is 23.8 Å². The maximum atomic E-state index is 11.0. The fraction of sp³-hybridized carbons (Fsp3) is 0.120. The molecule has 0 aliphatic heterocycles. The summed E-state index contributed by atoms with van der Waals surface area (Å²) in [6, 6.07) is 22.0. The van der Waals surface area contributed by atoms with E-state index in [1.165, 1.54) is 15.7 Å². The Morgan fingerprint density at radius 3 is 2.29 bits per heavy atom. The van der Waals surface area contributed by atoms with Crippen LogP contribution in [0.2, 0.25) is 0 Å². The van der Waals surface area contributed by atoms with Crippen molar-refractivity contribution in [3.8, 4) is 17.6 Å². The Morgan fingerprint density at radius 1 is 1.00 bits per heavy atom. The normalized spacial score (nSPS) is 10.9. The predicted molar refractivity (Wildman–Crippen MR) is 128 cm³/mol.